The summed E-state index contributed by atoms with van der Waals surface area (Å²) in [7, 11) is 1.48. The van der Waals surface area contributed by atoms with Crippen LogP contribution in [0.4, 0.5) is 0 Å². The van der Waals surface area contributed by atoms with Gasteiger partial charge in [0.25, 0.3) is 5.56 Å². The molecule has 3 rings (SSSR count). The van der Waals surface area contributed by atoms with Crippen LogP contribution in [0.1, 0.15) is 11.3 Å². The number of pyridine rings is 1. The van der Waals surface area contributed by atoms with Crippen molar-refractivity contribution in [1.29, 1.82) is 5.26 Å². The monoisotopic (exact) mass is 391 g/mol. The molecule has 3 aromatic rings. The number of hydrogen-bond acceptors (Lipinski definition) is 7. The maximum absolute atomic E-state index is 12.0. The second kappa shape index (κ2) is 9.19. The summed E-state index contributed by atoms with van der Waals surface area (Å²) in [6.45, 7) is -0.210. The first-order valence-corrected chi connectivity index (χ1v) is 8.60. The van der Waals surface area contributed by atoms with E-state index in [4.69, 9.17) is 19.5 Å². The number of esters is 1. The summed E-state index contributed by atoms with van der Waals surface area (Å²) in [5.74, 6) is 0.294. The molecule has 29 heavy (non-hydrogen) atoms. The standard InChI is InChI=1S/C21H17N3O5/c1-27-18-12-15(5-7-17(18)28-11-9-22)6-8-21(26)29-14-16-13-20(25)24-10-3-2-4-19(24)23-16/h2-8,10,12-13H,11,14H2,1H3/b8-6+. The molecule has 146 valence electrons. The van der Waals surface area contributed by atoms with Crippen LogP contribution < -0.4 is 15.0 Å². The van der Waals surface area contributed by atoms with Crippen LogP contribution in [0.5, 0.6) is 11.5 Å². The van der Waals surface area contributed by atoms with Crippen molar-refractivity contribution < 1.29 is 19.0 Å². The van der Waals surface area contributed by atoms with Crippen LogP contribution in [0.2, 0.25) is 0 Å². The largest absolute Gasteiger partial charge is 0.493 e. The van der Waals surface area contributed by atoms with Crippen molar-refractivity contribution in [2.45, 2.75) is 6.61 Å². The molecule has 0 saturated carbocycles. The Kier molecular flexibility index (Phi) is 6.22. The molecule has 0 N–H and O–H groups in total. The number of benzene rings is 1. The van der Waals surface area contributed by atoms with Gasteiger partial charge >= 0.3 is 5.97 Å². The molecule has 0 aliphatic heterocycles. The van der Waals surface area contributed by atoms with Crippen molar-refractivity contribution in [2.24, 2.45) is 0 Å². The molecule has 0 aliphatic rings. The minimum Gasteiger partial charge on any atom is -0.493 e. The van der Waals surface area contributed by atoms with E-state index in [9.17, 15) is 9.59 Å². The van der Waals surface area contributed by atoms with Crippen LogP contribution in [0, 0.1) is 11.3 Å². The van der Waals surface area contributed by atoms with Crippen LogP contribution in [0.3, 0.4) is 0 Å². The lowest BCUT2D eigenvalue weighted by Crippen LogP contribution is -2.16. The van der Waals surface area contributed by atoms with Gasteiger partial charge in [0.2, 0.25) is 0 Å². The van der Waals surface area contributed by atoms with E-state index in [-0.39, 0.29) is 18.8 Å². The number of fused-ring (bicyclic) bond motifs is 1. The normalized spacial score (nSPS) is 10.6. The Hall–Kier alpha value is -4.12. The van der Waals surface area contributed by atoms with E-state index in [1.807, 2.05) is 6.07 Å². The number of hydrogen-bond donors (Lipinski definition) is 0. The fraction of sp³-hybridized carbons (Fsp3) is 0.143. The fourth-order valence-electron chi connectivity index (χ4n) is 2.55. The zero-order valence-corrected chi connectivity index (χ0v) is 15.6. The lowest BCUT2D eigenvalue weighted by molar-refractivity contribution is -0.139. The number of carbonyl (C=O) groups excluding carboxylic acids is 1. The Labute approximate surface area is 166 Å². The van der Waals surface area contributed by atoms with Crippen molar-refractivity contribution in [3.05, 3.63) is 76.3 Å². The molecule has 0 amide bonds. The minimum atomic E-state index is -0.580. The van der Waals surface area contributed by atoms with E-state index < -0.39 is 5.97 Å². The summed E-state index contributed by atoms with van der Waals surface area (Å²) in [4.78, 5) is 28.3. The predicted octanol–water partition coefficient (Wildman–Crippen LogP) is 2.36. The van der Waals surface area contributed by atoms with Crippen LogP contribution >= 0.6 is 0 Å². The first-order valence-electron chi connectivity index (χ1n) is 8.60. The third-order valence-electron chi connectivity index (χ3n) is 3.88. The highest BCUT2D eigenvalue weighted by molar-refractivity contribution is 5.87. The molecule has 2 heterocycles. The number of methoxy groups -OCH3 is 1. The van der Waals surface area contributed by atoms with Gasteiger partial charge < -0.3 is 14.2 Å². The van der Waals surface area contributed by atoms with Crippen molar-refractivity contribution in [3.8, 4) is 17.6 Å². The van der Waals surface area contributed by atoms with Crippen molar-refractivity contribution >= 4 is 17.7 Å². The molecular formula is C21H17N3O5. The van der Waals surface area contributed by atoms with E-state index in [0.717, 1.165) is 0 Å². The molecule has 0 bridgehead atoms. The average Bonchev–Trinajstić information content (AvgIpc) is 2.75. The lowest BCUT2D eigenvalue weighted by Gasteiger charge is -2.08. The summed E-state index contributed by atoms with van der Waals surface area (Å²) >= 11 is 0. The summed E-state index contributed by atoms with van der Waals surface area (Å²) in [6, 6.07) is 13.4. The Morgan fingerprint density at radius 1 is 1.24 bits per heavy atom. The Balaban J connectivity index is 1.64. The Morgan fingerprint density at radius 3 is 2.90 bits per heavy atom. The number of carbonyl (C=O) groups is 1. The molecule has 0 atom stereocenters. The van der Waals surface area contributed by atoms with E-state index in [1.165, 1.54) is 23.7 Å². The van der Waals surface area contributed by atoms with Crippen LogP contribution in [0.25, 0.3) is 11.7 Å². The van der Waals surface area contributed by atoms with Crippen LogP contribution in [0.15, 0.2) is 59.5 Å². The number of ether oxygens (including phenoxy) is 3. The third kappa shape index (κ3) is 4.99. The summed E-state index contributed by atoms with van der Waals surface area (Å²) in [5.41, 5.74) is 1.28. The highest BCUT2D eigenvalue weighted by Crippen LogP contribution is 2.28. The molecular weight excluding hydrogens is 374 g/mol. The van der Waals surface area contributed by atoms with E-state index in [0.29, 0.717) is 28.4 Å². The topological polar surface area (TPSA) is 103 Å². The van der Waals surface area contributed by atoms with Crippen LogP contribution in [-0.4, -0.2) is 29.1 Å². The predicted molar refractivity (Wildman–Crippen MR) is 104 cm³/mol. The van der Waals surface area contributed by atoms with Gasteiger partial charge in [-0.15, -0.1) is 0 Å². The smallest absolute Gasteiger partial charge is 0.331 e. The molecule has 0 radical (unpaired) electrons. The maximum atomic E-state index is 12.0. The third-order valence-corrected chi connectivity index (χ3v) is 3.88. The quantitative estimate of drug-likeness (QED) is 0.450. The average molecular weight is 391 g/mol. The van der Waals surface area contributed by atoms with Crippen molar-refractivity contribution in [1.82, 2.24) is 9.38 Å². The highest BCUT2D eigenvalue weighted by atomic mass is 16.5. The Morgan fingerprint density at radius 2 is 2.10 bits per heavy atom. The molecule has 2 aromatic heterocycles. The van der Waals surface area contributed by atoms with Gasteiger partial charge in [0.1, 0.15) is 18.3 Å². The fourth-order valence-corrected chi connectivity index (χ4v) is 2.55. The van der Waals surface area contributed by atoms with Gasteiger partial charge in [-0.25, -0.2) is 9.78 Å². The van der Waals surface area contributed by atoms with Gasteiger partial charge in [-0.05, 0) is 35.9 Å². The van der Waals surface area contributed by atoms with E-state index >= 15 is 0 Å². The minimum absolute atomic E-state index is 0.0930. The van der Waals surface area contributed by atoms with Gasteiger partial charge in [0, 0.05) is 18.3 Å². The zero-order valence-electron chi connectivity index (χ0n) is 15.6. The number of aromatic nitrogens is 2. The van der Waals surface area contributed by atoms with Gasteiger partial charge in [0.05, 0.1) is 12.8 Å². The van der Waals surface area contributed by atoms with Gasteiger partial charge in [-0.1, -0.05) is 12.1 Å². The number of rotatable bonds is 7. The van der Waals surface area contributed by atoms with Crippen molar-refractivity contribution in [2.75, 3.05) is 13.7 Å². The molecule has 1 aromatic carbocycles. The van der Waals surface area contributed by atoms with Crippen molar-refractivity contribution in [3.63, 3.8) is 0 Å². The van der Waals surface area contributed by atoms with Gasteiger partial charge in [0.15, 0.2) is 18.1 Å². The molecule has 8 nitrogen and oxygen atoms in total. The maximum Gasteiger partial charge on any atom is 0.331 e. The molecule has 0 aliphatic carbocycles. The second-order valence-electron chi connectivity index (χ2n) is 5.81. The van der Waals surface area contributed by atoms with Gasteiger partial charge in [-0.3, -0.25) is 9.20 Å². The molecule has 0 unspecified atom stereocenters. The SMILES string of the molecule is COc1cc(/C=C/C(=O)OCc2cc(=O)n3ccccc3n2)ccc1OCC#N. The first kappa shape index (κ1) is 19.6. The second-order valence-corrected chi connectivity index (χ2v) is 5.81. The molecule has 0 fully saturated rings. The summed E-state index contributed by atoms with van der Waals surface area (Å²) < 4.78 is 17.0. The summed E-state index contributed by atoms with van der Waals surface area (Å²) in [6.07, 6.45) is 4.44. The number of nitrogens with zero attached hydrogens (tertiary/aromatic N) is 3. The highest BCUT2D eigenvalue weighted by Gasteiger charge is 2.06. The van der Waals surface area contributed by atoms with Crippen LogP contribution in [-0.2, 0) is 16.1 Å². The van der Waals surface area contributed by atoms with Gasteiger partial charge in [-0.2, -0.15) is 5.26 Å². The van der Waals surface area contributed by atoms with E-state index in [1.54, 1.807) is 48.7 Å². The lowest BCUT2D eigenvalue weighted by atomic mass is 10.2. The summed E-state index contributed by atoms with van der Waals surface area (Å²) in [5, 5.41) is 8.59. The zero-order chi connectivity index (χ0) is 20.6. The molecule has 8 heteroatoms. The Bertz CT molecular complexity index is 1160. The first-order chi connectivity index (χ1) is 14.1. The molecule has 0 spiro atoms. The van der Waals surface area contributed by atoms with E-state index in [2.05, 4.69) is 4.98 Å². The number of nitriles is 1. The molecule has 0 saturated heterocycles.